The fourth-order valence-corrected chi connectivity index (χ4v) is 1.15. The summed E-state index contributed by atoms with van der Waals surface area (Å²) in [5.74, 6) is -5.08. The minimum absolute atomic E-state index is 0.0648. The minimum Gasteiger partial charge on any atom is -0.503 e. The van der Waals surface area contributed by atoms with Crippen molar-refractivity contribution in [3.8, 4) is 5.75 Å². The van der Waals surface area contributed by atoms with Gasteiger partial charge < -0.3 is 5.11 Å². The van der Waals surface area contributed by atoms with Gasteiger partial charge in [0.15, 0.2) is 17.4 Å². The van der Waals surface area contributed by atoms with Crippen LogP contribution in [0.25, 0.3) is 0 Å². The molecule has 0 spiro atoms. The Morgan fingerprint density at radius 2 is 1.85 bits per heavy atom. The lowest BCUT2D eigenvalue weighted by Gasteiger charge is -2.04. The molecule has 0 aliphatic rings. The van der Waals surface area contributed by atoms with Crippen molar-refractivity contribution >= 4 is 12.6 Å². The van der Waals surface area contributed by atoms with E-state index in [-0.39, 0.29) is 17.7 Å². The van der Waals surface area contributed by atoms with Crippen LogP contribution in [0, 0.1) is 17.5 Å². The van der Waals surface area contributed by atoms with Gasteiger partial charge in [-0.2, -0.15) is 4.39 Å². The molecule has 1 radical (unpaired) electrons. The smallest absolute Gasteiger partial charge is 0.203 e. The molecule has 1 aromatic carbocycles. The Labute approximate surface area is 78.6 Å². The largest absolute Gasteiger partial charge is 0.503 e. The standard InChI is InChI=1S/C8H6F3OS/c9-5-3-4(1-2-13)6(10)7(11)8(5)12/h3,12H,1-2H2. The van der Waals surface area contributed by atoms with Gasteiger partial charge in [0.1, 0.15) is 0 Å². The topological polar surface area (TPSA) is 20.2 Å². The molecule has 0 aliphatic carbocycles. The first-order valence-corrected chi connectivity index (χ1v) is 4.09. The predicted octanol–water partition coefficient (Wildman–Crippen LogP) is 2.55. The first kappa shape index (κ1) is 10.2. The Hall–Kier alpha value is -0.840. The van der Waals surface area contributed by atoms with Gasteiger partial charge in [-0.15, -0.1) is 0 Å². The highest BCUT2D eigenvalue weighted by Gasteiger charge is 2.17. The van der Waals surface area contributed by atoms with Gasteiger partial charge in [0, 0.05) is 5.75 Å². The van der Waals surface area contributed by atoms with Crippen molar-refractivity contribution in [2.75, 3.05) is 5.75 Å². The monoisotopic (exact) mass is 207 g/mol. The number of aromatic hydroxyl groups is 1. The molecule has 1 aromatic rings. The maximum absolute atomic E-state index is 12.9. The average Bonchev–Trinajstić information content (AvgIpc) is 2.11. The summed E-state index contributed by atoms with van der Waals surface area (Å²) in [4.78, 5) is 0. The molecule has 0 bridgehead atoms. The Morgan fingerprint density at radius 1 is 1.23 bits per heavy atom. The van der Waals surface area contributed by atoms with Crippen LogP contribution in [-0.2, 0) is 6.42 Å². The third-order valence-corrected chi connectivity index (χ3v) is 1.79. The highest BCUT2D eigenvalue weighted by molar-refractivity contribution is 7.80. The second-order valence-corrected chi connectivity index (χ2v) is 2.86. The second kappa shape index (κ2) is 3.91. The summed E-state index contributed by atoms with van der Waals surface area (Å²) in [6, 6.07) is 0.750. The third-order valence-electron chi connectivity index (χ3n) is 1.58. The van der Waals surface area contributed by atoms with Crippen LogP contribution in [0.4, 0.5) is 13.2 Å². The van der Waals surface area contributed by atoms with Gasteiger partial charge >= 0.3 is 0 Å². The Balaban J connectivity index is 3.24. The summed E-state index contributed by atoms with van der Waals surface area (Å²) in [5, 5.41) is 8.66. The first-order chi connectivity index (χ1) is 6.07. The molecule has 1 rings (SSSR count). The quantitative estimate of drug-likeness (QED) is 0.739. The van der Waals surface area contributed by atoms with Crippen LogP contribution in [0.3, 0.4) is 0 Å². The molecule has 0 fully saturated rings. The van der Waals surface area contributed by atoms with Crippen LogP contribution in [0.15, 0.2) is 6.07 Å². The lowest BCUT2D eigenvalue weighted by molar-refractivity contribution is 0.374. The van der Waals surface area contributed by atoms with Crippen LogP contribution >= 0.6 is 12.6 Å². The van der Waals surface area contributed by atoms with Crippen molar-refractivity contribution in [3.63, 3.8) is 0 Å². The van der Waals surface area contributed by atoms with E-state index in [0.29, 0.717) is 0 Å². The van der Waals surface area contributed by atoms with Gasteiger partial charge in [0.2, 0.25) is 5.82 Å². The lowest BCUT2D eigenvalue weighted by atomic mass is 10.1. The Bertz CT molecular complexity index is 328. The van der Waals surface area contributed by atoms with Crippen molar-refractivity contribution in [2.24, 2.45) is 0 Å². The molecular formula is C8H6F3OS. The van der Waals surface area contributed by atoms with E-state index in [1.54, 1.807) is 0 Å². The van der Waals surface area contributed by atoms with Crippen molar-refractivity contribution < 1.29 is 18.3 Å². The van der Waals surface area contributed by atoms with Crippen molar-refractivity contribution in [1.82, 2.24) is 0 Å². The van der Waals surface area contributed by atoms with Gasteiger partial charge in [-0.1, -0.05) is 12.6 Å². The molecule has 0 unspecified atom stereocenters. The summed E-state index contributed by atoms with van der Waals surface area (Å²) in [6.07, 6.45) is 0.0648. The molecule has 0 atom stereocenters. The van der Waals surface area contributed by atoms with Gasteiger partial charge in [-0.25, -0.2) is 8.78 Å². The summed E-state index contributed by atoms with van der Waals surface area (Å²) >= 11 is 4.54. The fourth-order valence-electron chi connectivity index (χ4n) is 0.926. The Kier molecular flexibility index (Phi) is 3.08. The number of benzene rings is 1. The van der Waals surface area contributed by atoms with Crippen LogP contribution < -0.4 is 0 Å². The van der Waals surface area contributed by atoms with E-state index in [2.05, 4.69) is 12.6 Å². The molecule has 0 amide bonds. The molecule has 71 valence electrons. The molecule has 1 N–H and O–H groups in total. The zero-order valence-corrected chi connectivity index (χ0v) is 7.30. The van der Waals surface area contributed by atoms with E-state index in [0.717, 1.165) is 6.07 Å². The first-order valence-electron chi connectivity index (χ1n) is 3.51. The summed E-state index contributed by atoms with van der Waals surface area (Å²) in [7, 11) is 0. The van der Waals surface area contributed by atoms with Gasteiger partial charge in [0.25, 0.3) is 0 Å². The number of halogens is 3. The molecule has 0 saturated carbocycles. The maximum atomic E-state index is 12.9. The minimum atomic E-state index is -1.56. The van der Waals surface area contributed by atoms with E-state index in [4.69, 9.17) is 5.11 Å². The van der Waals surface area contributed by atoms with E-state index in [1.165, 1.54) is 0 Å². The van der Waals surface area contributed by atoms with Gasteiger partial charge in [0.05, 0.1) is 0 Å². The predicted molar refractivity (Wildman–Crippen MR) is 44.1 cm³/mol. The summed E-state index contributed by atoms with van der Waals surface area (Å²) < 4.78 is 38.2. The van der Waals surface area contributed by atoms with E-state index in [1.807, 2.05) is 0 Å². The van der Waals surface area contributed by atoms with Gasteiger partial charge in [-0.3, -0.25) is 0 Å². The zero-order chi connectivity index (χ0) is 10.0. The number of hydrogen-bond donors (Lipinski definition) is 1. The fraction of sp³-hybridized carbons (Fsp3) is 0.250. The van der Waals surface area contributed by atoms with Crippen molar-refractivity contribution in [2.45, 2.75) is 6.42 Å². The van der Waals surface area contributed by atoms with Crippen molar-refractivity contribution in [1.29, 1.82) is 0 Å². The zero-order valence-electron chi connectivity index (χ0n) is 6.48. The van der Waals surface area contributed by atoms with E-state index in [9.17, 15) is 13.2 Å². The van der Waals surface area contributed by atoms with E-state index < -0.39 is 23.2 Å². The lowest BCUT2D eigenvalue weighted by Crippen LogP contribution is -1.98. The van der Waals surface area contributed by atoms with Gasteiger partial charge in [-0.05, 0) is 18.1 Å². The maximum Gasteiger partial charge on any atom is 0.203 e. The van der Waals surface area contributed by atoms with Crippen LogP contribution in [0.1, 0.15) is 5.56 Å². The number of aryl methyl sites for hydroxylation is 1. The molecule has 1 nitrogen and oxygen atoms in total. The van der Waals surface area contributed by atoms with Crippen LogP contribution in [0.5, 0.6) is 5.75 Å². The normalized spacial score (nSPS) is 10.5. The number of phenols is 1. The second-order valence-electron chi connectivity index (χ2n) is 2.45. The average molecular weight is 207 g/mol. The highest BCUT2D eigenvalue weighted by Crippen LogP contribution is 2.25. The Morgan fingerprint density at radius 3 is 2.38 bits per heavy atom. The number of rotatable bonds is 2. The number of hydrogen-bond acceptors (Lipinski definition) is 1. The molecule has 13 heavy (non-hydrogen) atoms. The highest BCUT2D eigenvalue weighted by atomic mass is 32.1. The third kappa shape index (κ3) is 1.91. The van der Waals surface area contributed by atoms with Crippen molar-refractivity contribution in [3.05, 3.63) is 29.1 Å². The molecule has 0 saturated heterocycles. The van der Waals surface area contributed by atoms with Crippen LogP contribution in [0.2, 0.25) is 0 Å². The van der Waals surface area contributed by atoms with Crippen LogP contribution in [-0.4, -0.2) is 10.9 Å². The summed E-state index contributed by atoms with van der Waals surface area (Å²) in [5.41, 5.74) is -0.150. The molecule has 0 aliphatic heterocycles. The van der Waals surface area contributed by atoms with E-state index >= 15 is 0 Å². The molecular weight excluding hydrogens is 201 g/mol. The summed E-state index contributed by atoms with van der Waals surface area (Å²) in [6.45, 7) is 0. The SMILES string of the molecule is Oc1c(F)cc(CC[S])c(F)c1F. The number of phenolic OH excluding ortho intramolecular Hbond substituents is 1. The molecule has 0 heterocycles. The molecule has 0 aromatic heterocycles. The molecule has 5 heteroatoms.